The van der Waals surface area contributed by atoms with Crippen LogP contribution in [0.2, 0.25) is 5.02 Å². The van der Waals surface area contributed by atoms with E-state index >= 15 is 0 Å². The van der Waals surface area contributed by atoms with Gasteiger partial charge in [0, 0.05) is 31.3 Å². The first-order valence-electron chi connectivity index (χ1n) is 8.60. The number of hydrogen-bond acceptors (Lipinski definition) is 5. The first kappa shape index (κ1) is 18.7. The third kappa shape index (κ3) is 6.28. The molecule has 6 heteroatoms. The topological polar surface area (TPSA) is 41.9 Å². The molecule has 2 unspecified atom stereocenters. The summed E-state index contributed by atoms with van der Waals surface area (Å²) >= 11 is 7.57. The van der Waals surface area contributed by atoms with Crippen LogP contribution in [0.4, 0.5) is 0 Å². The van der Waals surface area contributed by atoms with Gasteiger partial charge >= 0.3 is 0 Å². The van der Waals surface area contributed by atoms with Gasteiger partial charge in [-0.15, -0.1) is 0 Å². The molecule has 0 aliphatic carbocycles. The van der Waals surface area contributed by atoms with Crippen LogP contribution >= 0.6 is 22.9 Å². The highest BCUT2D eigenvalue weighted by atomic mass is 35.5. The van der Waals surface area contributed by atoms with E-state index in [4.69, 9.17) is 21.1 Å². The summed E-state index contributed by atoms with van der Waals surface area (Å²) in [6.07, 6.45) is 1.93. The average Bonchev–Trinajstić information content (AvgIpc) is 3.28. The van der Waals surface area contributed by atoms with Crippen molar-refractivity contribution in [2.24, 2.45) is 0 Å². The maximum absolute atomic E-state index is 10.4. The van der Waals surface area contributed by atoms with Crippen molar-refractivity contribution in [3.63, 3.8) is 0 Å². The van der Waals surface area contributed by atoms with Crippen molar-refractivity contribution in [3.05, 3.63) is 51.7 Å². The van der Waals surface area contributed by atoms with Crippen LogP contribution in [-0.4, -0.2) is 48.5 Å². The van der Waals surface area contributed by atoms with Crippen LogP contribution in [-0.2, 0) is 11.3 Å². The van der Waals surface area contributed by atoms with Crippen molar-refractivity contribution in [2.45, 2.75) is 31.6 Å². The Morgan fingerprint density at radius 2 is 2.16 bits per heavy atom. The smallest absolute Gasteiger partial charge is 0.119 e. The summed E-state index contributed by atoms with van der Waals surface area (Å²) in [6.45, 7) is 3.32. The molecule has 1 aliphatic heterocycles. The lowest BCUT2D eigenvalue weighted by atomic mass is 10.2. The summed E-state index contributed by atoms with van der Waals surface area (Å²) in [5, 5.41) is 15.3. The molecule has 2 atom stereocenters. The monoisotopic (exact) mass is 381 g/mol. The summed E-state index contributed by atoms with van der Waals surface area (Å²) in [5.41, 5.74) is 1.27. The Morgan fingerprint density at radius 3 is 2.84 bits per heavy atom. The van der Waals surface area contributed by atoms with Crippen LogP contribution in [0.3, 0.4) is 0 Å². The highest BCUT2D eigenvalue weighted by molar-refractivity contribution is 7.07. The molecule has 136 valence electrons. The molecule has 1 aliphatic rings. The predicted octanol–water partition coefficient (Wildman–Crippen LogP) is 3.82. The minimum atomic E-state index is -0.560. The summed E-state index contributed by atoms with van der Waals surface area (Å²) in [5.74, 6) is 0.715. The number of halogens is 1. The molecule has 1 fully saturated rings. The third-order valence-electron chi connectivity index (χ3n) is 4.20. The van der Waals surface area contributed by atoms with Crippen LogP contribution in [0, 0.1) is 0 Å². The Hall–Kier alpha value is -1.11. The van der Waals surface area contributed by atoms with Crippen LogP contribution in [0.15, 0.2) is 41.1 Å². The van der Waals surface area contributed by atoms with Crippen LogP contribution in [0.25, 0.3) is 0 Å². The molecule has 2 aromatic rings. The minimum Gasteiger partial charge on any atom is -0.491 e. The molecule has 0 spiro atoms. The number of aliphatic hydroxyl groups excluding tert-OH is 1. The second-order valence-electron chi connectivity index (χ2n) is 6.38. The molecule has 0 bridgehead atoms. The second-order valence-corrected chi connectivity index (χ2v) is 7.60. The number of ether oxygens (including phenoxy) is 2. The number of thiophene rings is 1. The van der Waals surface area contributed by atoms with E-state index in [9.17, 15) is 5.11 Å². The Kier molecular flexibility index (Phi) is 7.13. The fourth-order valence-electron chi connectivity index (χ4n) is 2.99. The summed E-state index contributed by atoms with van der Waals surface area (Å²) in [6, 6.07) is 9.31. The lowest BCUT2D eigenvalue weighted by Crippen LogP contribution is -2.39. The van der Waals surface area contributed by atoms with Gasteiger partial charge in [0.25, 0.3) is 0 Å². The molecule has 1 N–H and O–H groups in total. The van der Waals surface area contributed by atoms with Gasteiger partial charge in [-0.25, -0.2) is 0 Å². The summed E-state index contributed by atoms with van der Waals surface area (Å²) in [4.78, 5) is 2.26. The molecular weight excluding hydrogens is 358 g/mol. The second kappa shape index (κ2) is 9.55. The predicted molar refractivity (Wildman–Crippen MR) is 102 cm³/mol. The third-order valence-corrected chi connectivity index (χ3v) is 5.18. The molecule has 1 aromatic carbocycles. The van der Waals surface area contributed by atoms with E-state index < -0.39 is 6.10 Å². The van der Waals surface area contributed by atoms with Crippen LogP contribution < -0.4 is 4.74 Å². The zero-order valence-electron chi connectivity index (χ0n) is 14.1. The molecule has 0 saturated carbocycles. The molecule has 3 rings (SSSR count). The van der Waals surface area contributed by atoms with Gasteiger partial charge in [0.15, 0.2) is 0 Å². The molecule has 2 heterocycles. The van der Waals surface area contributed by atoms with Gasteiger partial charge < -0.3 is 14.6 Å². The molecule has 25 heavy (non-hydrogen) atoms. The highest BCUT2D eigenvalue weighted by Gasteiger charge is 2.21. The van der Waals surface area contributed by atoms with Crippen LogP contribution in [0.5, 0.6) is 5.75 Å². The molecule has 0 amide bonds. The standard InChI is InChI=1S/C19H24ClNO3S/c20-16-3-5-18(6-4-16)24-13-17(22)11-21(10-15-7-9-25-14-15)12-19-2-1-8-23-19/h3-7,9,14,17,19,22H,1-2,8,10-13H2. The zero-order valence-corrected chi connectivity index (χ0v) is 15.7. The van der Waals surface area contributed by atoms with E-state index in [0.717, 1.165) is 32.5 Å². The largest absolute Gasteiger partial charge is 0.491 e. The van der Waals surface area contributed by atoms with E-state index in [-0.39, 0.29) is 12.7 Å². The average molecular weight is 382 g/mol. The maximum Gasteiger partial charge on any atom is 0.119 e. The molecule has 0 radical (unpaired) electrons. The van der Waals surface area contributed by atoms with E-state index in [1.165, 1.54) is 5.56 Å². The van der Waals surface area contributed by atoms with Crippen LogP contribution in [0.1, 0.15) is 18.4 Å². The lowest BCUT2D eigenvalue weighted by molar-refractivity contribution is 0.0314. The minimum absolute atomic E-state index is 0.257. The van der Waals surface area contributed by atoms with E-state index in [2.05, 4.69) is 21.7 Å². The molecule has 1 aromatic heterocycles. The first-order valence-corrected chi connectivity index (χ1v) is 9.92. The quantitative estimate of drug-likeness (QED) is 0.717. The Balaban J connectivity index is 1.51. The van der Waals surface area contributed by atoms with Crippen molar-refractivity contribution in [3.8, 4) is 5.75 Å². The number of rotatable bonds is 9. The van der Waals surface area contributed by atoms with Crippen molar-refractivity contribution in [1.29, 1.82) is 0 Å². The van der Waals surface area contributed by atoms with Crippen molar-refractivity contribution in [1.82, 2.24) is 4.90 Å². The van der Waals surface area contributed by atoms with E-state index in [1.807, 2.05) is 12.1 Å². The number of benzene rings is 1. The lowest BCUT2D eigenvalue weighted by Gasteiger charge is -2.27. The van der Waals surface area contributed by atoms with Crippen molar-refractivity contribution in [2.75, 3.05) is 26.3 Å². The number of nitrogens with zero attached hydrogens (tertiary/aromatic N) is 1. The fraction of sp³-hybridized carbons (Fsp3) is 0.474. The fourth-order valence-corrected chi connectivity index (χ4v) is 3.78. The van der Waals surface area contributed by atoms with Gasteiger partial charge in [-0.1, -0.05) is 11.6 Å². The summed E-state index contributed by atoms with van der Waals surface area (Å²) < 4.78 is 11.4. The Bertz CT molecular complexity index is 614. The summed E-state index contributed by atoms with van der Waals surface area (Å²) in [7, 11) is 0. The van der Waals surface area contributed by atoms with Gasteiger partial charge in [0.1, 0.15) is 18.5 Å². The highest BCUT2D eigenvalue weighted by Crippen LogP contribution is 2.18. The van der Waals surface area contributed by atoms with Gasteiger partial charge in [0.05, 0.1) is 6.10 Å². The number of aliphatic hydroxyl groups is 1. The van der Waals surface area contributed by atoms with E-state index in [1.54, 1.807) is 23.5 Å². The normalized spacial score (nSPS) is 18.6. The Labute approximate surface area is 157 Å². The van der Waals surface area contributed by atoms with Gasteiger partial charge in [-0.05, 0) is 59.5 Å². The van der Waals surface area contributed by atoms with Gasteiger partial charge in [0.2, 0.25) is 0 Å². The Morgan fingerprint density at radius 1 is 1.32 bits per heavy atom. The zero-order chi connectivity index (χ0) is 17.5. The van der Waals surface area contributed by atoms with Crippen molar-refractivity contribution < 1.29 is 14.6 Å². The first-order chi connectivity index (χ1) is 12.2. The van der Waals surface area contributed by atoms with E-state index in [0.29, 0.717) is 17.3 Å². The SMILES string of the molecule is OC(COc1ccc(Cl)cc1)CN(Cc1ccsc1)CC1CCCO1. The molecule has 1 saturated heterocycles. The molecular formula is C19H24ClNO3S. The van der Waals surface area contributed by atoms with Gasteiger partial charge in [-0.2, -0.15) is 11.3 Å². The maximum atomic E-state index is 10.4. The number of hydrogen-bond donors (Lipinski definition) is 1. The van der Waals surface area contributed by atoms with Gasteiger partial charge in [-0.3, -0.25) is 4.90 Å². The molecule has 4 nitrogen and oxygen atoms in total. The van der Waals surface area contributed by atoms with Crippen molar-refractivity contribution >= 4 is 22.9 Å².